The van der Waals surface area contributed by atoms with Gasteiger partial charge in [0.15, 0.2) is 0 Å². The van der Waals surface area contributed by atoms with Gasteiger partial charge in [-0.25, -0.2) is 13.1 Å². The second-order valence-electron chi connectivity index (χ2n) is 4.84. The van der Waals surface area contributed by atoms with E-state index >= 15 is 0 Å². The molecule has 6 nitrogen and oxygen atoms in total. The maximum absolute atomic E-state index is 12.4. The number of ether oxygens (including phenoxy) is 3. The highest BCUT2D eigenvalue weighted by Crippen LogP contribution is 2.28. The Balaban J connectivity index is 2.06. The molecule has 1 aromatic carbocycles. The lowest BCUT2D eigenvalue weighted by molar-refractivity contribution is 0.105. The van der Waals surface area contributed by atoms with Gasteiger partial charge in [-0.3, -0.25) is 0 Å². The molecule has 1 N–H and O–H groups in total. The van der Waals surface area contributed by atoms with Gasteiger partial charge in [0.1, 0.15) is 16.4 Å². The molecule has 0 amide bonds. The van der Waals surface area contributed by atoms with Crippen LogP contribution >= 0.6 is 0 Å². The van der Waals surface area contributed by atoms with Crippen molar-refractivity contribution in [2.24, 2.45) is 0 Å². The third kappa shape index (κ3) is 4.09. The van der Waals surface area contributed by atoms with Crippen LogP contribution in [0.25, 0.3) is 0 Å². The smallest absolute Gasteiger partial charge is 0.244 e. The number of hydrogen-bond acceptors (Lipinski definition) is 5. The predicted molar refractivity (Wildman–Crippen MR) is 78.3 cm³/mol. The van der Waals surface area contributed by atoms with Crippen LogP contribution in [0.2, 0.25) is 0 Å². The number of methoxy groups -OCH3 is 2. The van der Waals surface area contributed by atoms with Gasteiger partial charge in [-0.15, -0.1) is 0 Å². The summed E-state index contributed by atoms with van der Waals surface area (Å²) in [5.41, 5.74) is 0. The number of sulfonamides is 1. The molecule has 118 valence electrons. The summed E-state index contributed by atoms with van der Waals surface area (Å²) < 4.78 is 43.0. The van der Waals surface area contributed by atoms with E-state index in [9.17, 15) is 8.42 Å². The Morgan fingerprint density at radius 3 is 2.76 bits per heavy atom. The maximum atomic E-state index is 12.4. The Hall–Kier alpha value is -1.31. The van der Waals surface area contributed by atoms with Gasteiger partial charge in [0.2, 0.25) is 10.0 Å². The molecule has 1 heterocycles. The Morgan fingerprint density at radius 1 is 1.33 bits per heavy atom. The summed E-state index contributed by atoms with van der Waals surface area (Å²) in [4.78, 5) is 0.0803. The third-order valence-corrected chi connectivity index (χ3v) is 4.92. The quantitative estimate of drug-likeness (QED) is 0.826. The highest BCUT2D eigenvalue weighted by atomic mass is 32.2. The van der Waals surface area contributed by atoms with E-state index in [1.807, 2.05) is 0 Å². The summed E-state index contributed by atoms with van der Waals surface area (Å²) in [5.74, 6) is 0.760. The molecule has 1 fully saturated rings. The molecule has 1 saturated heterocycles. The van der Waals surface area contributed by atoms with E-state index in [0.717, 1.165) is 19.4 Å². The molecular weight excluding hydrogens is 294 g/mol. The summed E-state index contributed by atoms with van der Waals surface area (Å²) in [6, 6.07) is 4.69. The molecule has 1 aliphatic rings. The number of hydrogen-bond donors (Lipinski definition) is 1. The van der Waals surface area contributed by atoms with E-state index in [4.69, 9.17) is 14.2 Å². The van der Waals surface area contributed by atoms with Crippen molar-refractivity contribution in [1.29, 1.82) is 0 Å². The Morgan fingerprint density at radius 2 is 2.14 bits per heavy atom. The van der Waals surface area contributed by atoms with Crippen molar-refractivity contribution in [1.82, 2.24) is 4.72 Å². The lowest BCUT2D eigenvalue weighted by Gasteiger charge is -2.13. The Kier molecular flexibility index (Phi) is 5.44. The van der Waals surface area contributed by atoms with Crippen LogP contribution in [0.5, 0.6) is 11.5 Å². The lowest BCUT2D eigenvalue weighted by Crippen LogP contribution is -2.27. The molecule has 0 saturated carbocycles. The summed E-state index contributed by atoms with van der Waals surface area (Å²) >= 11 is 0. The van der Waals surface area contributed by atoms with Gasteiger partial charge in [0.05, 0.1) is 20.3 Å². The zero-order chi connectivity index (χ0) is 15.3. The van der Waals surface area contributed by atoms with Crippen molar-refractivity contribution >= 4 is 10.0 Å². The van der Waals surface area contributed by atoms with Crippen LogP contribution in [0.4, 0.5) is 0 Å². The van der Waals surface area contributed by atoms with Crippen molar-refractivity contribution in [2.45, 2.75) is 30.3 Å². The van der Waals surface area contributed by atoms with Crippen LogP contribution < -0.4 is 14.2 Å². The van der Waals surface area contributed by atoms with E-state index in [1.54, 1.807) is 12.1 Å². The summed E-state index contributed by atoms with van der Waals surface area (Å²) in [6.45, 7) is 1.11. The minimum Gasteiger partial charge on any atom is -0.497 e. The minimum absolute atomic E-state index is 0.0803. The zero-order valence-corrected chi connectivity index (χ0v) is 13.1. The fourth-order valence-corrected chi connectivity index (χ4v) is 3.53. The average molecular weight is 315 g/mol. The molecule has 1 aliphatic heterocycles. The summed E-state index contributed by atoms with van der Waals surface area (Å²) in [6.07, 6.45) is 2.86. The van der Waals surface area contributed by atoms with E-state index in [-0.39, 0.29) is 11.0 Å². The van der Waals surface area contributed by atoms with Crippen LogP contribution in [0, 0.1) is 0 Å². The van der Waals surface area contributed by atoms with Crippen molar-refractivity contribution in [3.05, 3.63) is 18.2 Å². The molecule has 1 atom stereocenters. The molecular formula is C14H21NO5S. The molecule has 0 radical (unpaired) electrons. The molecule has 0 spiro atoms. The lowest BCUT2D eigenvalue weighted by atomic mass is 10.2. The predicted octanol–water partition coefficient (Wildman–Crippen LogP) is 1.55. The van der Waals surface area contributed by atoms with E-state index < -0.39 is 10.0 Å². The van der Waals surface area contributed by atoms with Crippen LogP contribution in [-0.4, -0.2) is 41.9 Å². The van der Waals surface area contributed by atoms with Gasteiger partial charge in [-0.1, -0.05) is 0 Å². The molecule has 21 heavy (non-hydrogen) atoms. The average Bonchev–Trinajstić information content (AvgIpc) is 2.99. The van der Waals surface area contributed by atoms with E-state index in [1.165, 1.54) is 20.3 Å². The van der Waals surface area contributed by atoms with Crippen LogP contribution in [0.15, 0.2) is 23.1 Å². The normalized spacial score (nSPS) is 18.7. The topological polar surface area (TPSA) is 73.9 Å². The molecule has 1 aromatic rings. The van der Waals surface area contributed by atoms with Gasteiger partial charge >= 0.3 is 0 Å². The summed E-state index contributed by atoms with van der Waals surface area (Å²) in [5, 5.41) is 0. The first-order valence-electron chi connectivity index (χ1n) is 6.90. The molecule has 0 aromatic heterocycles. The number of rotatable bonds is 7. The van der Waals surface area contributed by atoms with Crippen molar-refractivity contribution in [3.8, 4) is 11.5 Å². The molecule has 1 unspecified atom stereocenters. The summed E-state index contributed by atoms with van der Waals surface area (Å²) in [7, 11) is -0.711. The van der Waals surface area contributed by atoms with Crippen molar-refractivity contribution < 1.29 is 22.6 Å². The van der Waals surface area contributed by atoms with Gasteiger partial charge in [0, 0.05) is 19.2 Å². The standard InChI is InChI=1S/C14H21NO5S/c1-18-12-5-6-13(19-2)14(10-12)21(16,17)15-8-7-11-4-3-9-20-11/h5-6,10-11,15H,3-4,7-9H2,1-2H3. The Labute approximate surface area is 125 Å². The van der Waals surface area contributed by atoms with E-state index in [0.29, 0.717) is 24.5 Å². The number of nitrogens with one attached hydrogen (secondary N) is 1. The third-order valence-electron chi connectivity index (χ3n) is 3.44. The largest absolute Gasteiger partial charge is 0.497 e. The fraction of sp³-hybridized carbons (Fsp3) is 0.571. The van der Waals surface area contributed by atoms with Crippen LogP contribution in [0.3, 0.4) is 0 Å². The van der Waals surface area contributed by atoms with Crippen LogP contribution in [0.1, 0.15) is 19.3 Å². The first kappa shape index (κ1) is 16.1. The first-order chi connectivity index (χ1) is 10.1. The molecule has 0 bridgehead atoms. The van der Waals surface area contributed by atoms with Crippen molar-refractivity contribution in [3.63, 3.8) is 0 Å². The Bertz CT molecular complexity index is 567. The SMILES string of the molecule is COc1ccc(OC)c(S(=O)(=O)NCCC2CCCO2)c1. The fourth-order valence-electron chi connectivity index (χ4n) is 2.30. The second-order valence-corrected chi connectivity index (χ2v) is 6.57. The number of benzene rings is 1. The van der Waals surface area contributed by atoms with Crippen LogP contribution in [-0.2, 0) is 14.8 Å². The maximum Gasteiger partial charge on any atom is 0.244 e. The van der Waals surface area contributed by atoms with Gasteiger partial charge in [0.25, 0.3) is 0 Å². The van der Waals surface area contributed by atoms with E-state index in [2.05, 4.69) is 4.72 Å². The zero-order valence-electron chi connectivity index (χ0n) is 12.3. The monoisotopic (exact) mass is 315 g/mol. The first-order valence-corrected chi connectivity index (χ1v) is 8.38. The van der Waals surface area contributed by atoms with Crippen molar-refractivity contribution in [2.75, 3.05) is 27.4 Å². The highest BCUT2D eigenvalue weighted by Gasteiger charge is 2.21. The molecule has 2 rings (SSSR count). The molecule has 0 aliphatic carbocycles. The second kappa shape index (κ2) is 7.11. The molecule has 7 heteroatoms. The highest BCUT2D eigenvalue weighted by molar-refractivity contribution is 7.89. The van der Waals surface area contributed by atoms with Gasteiger partial charge < -0.3 is 14.2 Å². The van der Waals surface area contributed by atoms with Gasteiger partial charge in [-0.2, -0.15) is 0 Å². The van der Waals surface area contributed by atoms with Gasteiger partial charge in [-0.05, 0) is 31.4 Å². The minimum atomic E-state index is -3.64.